The molecule has 2 aromatic carbocycles. The Labute approximate surface area is 254 Å². The van der Waals surface area contributed by atoms with E-state index in [1.54, 1.807) is 4.90 Å². The molecule has 2 N–H and O–H groups in total. The molecule has 0 radical (unpaired) electrons. The van der Waals surface area contributed by atoms with Crippen molar-refractivity contribution in [1.82, 2.24) is 9.80 Å². The number of hydrogen-bond acceptors (Lipinski definition) is 6. The second-order valence-corrected chi connectivity index (χ2v) is 12.3. The maximum atomic E-state index is 13.4. The second-order valence-electron chi connectivity index (χ2n) is 12.3. The summed E-state index contributed by atoms with van der Waals surface area (Å²) in [5.74, 6) is 1.06. The summed E-state index contributed by atoms with van der Waals surface area (Å²) in [6.45, 7) is 6.43. The summed E-state index contributed by atoms with van der Waals surface area (Å²) in [6.07, 6.45) is 6.88. The van der Waals surface area contributed by atoms with Crippen molar-refractivity contribution in [3.8, 4) is 5.75 Å². The van der Waals surface area contributed by atoms with Gasteiger partial charge in [0.15, 0.2) is 0 Å². The van der Waals surface area contributed by atoms with Crippen LogP contribution in [0.5, 0.6) is 5.75 Å². The molecule has 2 aliphatic heterocycles. The third-order valence-corrected chi connectivity index (χ3v) is 8.58. The van der Waals surface area contributed by atoms with E-state index in [4.69, 9.17) is 9.47 Å². The summed E-state index contributed by atoms with van der Waals surface area (Å²) < 4.78 is 11.4. The lowest BCUT2D eigenvalue weighted by Crippen LogP contribution is -2.50. The maximum Gasteiger partial charge on any atom is 0.410 e. The standard InChI is InChI=1S/C33H45N5O5/c1-23(2)22-42-33(41)38-19-6-9-30(38)31(39)36(3)27-18-20-37(21-27)26-14-10-24(11-15-26)34-32(40)35-25-12-16-29(17-13-25)43-28-7-4-5-8-28/h10-17,23,27-28,30H,4-9,18-22H2,1-3H3,(H2,34,35,40). The average molecular weight is 592 g/mol. The third kappa shape index (κ3) is 7.91. The van der Waals surface area contributed by atoms with Crippen molar-refractivity contribution in [1.29, 1.82) is 0 Å². The summed E-state index contributed by atoms with van der Waals surface area (Å²) in [5.41, 5.74) is 2.42. The largest absolute Gasteiger partial charge is 0.490 e. The quantitative estimate of drug-likeness (QED) is 0.374. The van der Waals surface area contributed by atoms with Crippen LogP contribution >= 0.6 is 0 Å². The molecule has 2 atom stereocenters. The molecule has 0 aromatic heterocycles. The van der Waals surface area contributed by atoms with Crippen LogP contribution in [0.15, 0.2) is 48.5 Å². The summed E-state index contributed by atoms with van der Waals surface area (Å²) in [7, 11) is 1.84. The first-order valence-electron chi connectivity index (χ1n) is 15.7. The highest BCUT2D eigenvalue weighted by Crippen LogP contribution is 2.28. The molecule has 0 spiro atoms. The molecule has 1 saturated carbocycles. The molecule has 43 heavy (non-hydrogen) atoms. The molecule has 3 aliphatic rings. The number of anilines is 3. The Bertz CT molecular complexity index is 1250. The Morgan fingerprint density at radius 2 is 1.53 bits per heavy atom. The fraction of sp³-hybridized carbons (Fsp3) is 0.545. The zero-order chi connectivity index (χ0) is 30.3. The first-order chi connectivity index (χ1) is 20.8. The molecular weight excluding hydrogens is 546 g/mol. The van der Waals surface area contributed by atoms with Crippen molar-refractivity contribution in [2.45, 2.75) is 77.0 Å². The number of hydrogen-bond donors (Lipinski definition) is 2. The van der Waals surface area contributed by atoms with Gasteiger partial charge in [-0.05, 0) is 99.4 Å². The third-order valence-electron chi connectivity index (χ3n) is 8.58. The Hall–Kier alpha value is -3.95. The van der Waals surface area contributed by atoms with Crippen molar-refractivity contribution in [3.63, 3.8) is 0 Å². The highest BCUT2D eigenvalue weighted by atomic mass is 16.6. The highest BCUT2D eigenvalue weighted by molar-refractivity contribution is 5.99. The zero-order valence-corrected chi connectivity index (χ0v) is 25.6. The van der Waals surface area contributed by atoms with Gasteiger partial charge in [-0.3, -0.25) is 9.69 Å². The average Bonchev–Trinajstić information content (AvgIpc) is 3.79. The van der Waals surface area contributed by atoms with Crippen molar-refractivity contribution >= 4 is 35.1 Å². The van der Waals surface area contributed by atoms with E-state index in [2.05, 4.69) is 15.5 Å². The molecule has 0 bridgehead atoms. The number of ether oxygens (including phenoxy) is 2. The topological polar surface area (TPSA) is 103 Å². The number of likely N-dealkylation sites (tertiary alicyclic amines) is 1. The predicted molar refractivity (Wildman–Crippen MR) is 168 cm³/mol. The monoisotopic (exact) mass is 591 g/mol. The Morgan fingerprint density at radius 1 is 0.884 bits per heavy atom. The van der Waals surface area contributed by atoms with Crippen LogP contribution in [-0.2, 0) is 9.53 Å². The van der Waals surface area contributed by atoms with Gasteiger partial charge in [0, 0.05) is 43.7 Å². The number of urea groups is 1. The molecule has 3 fully saturated rings. The van der Waals surface area contributed by atoms with Gasteiger partial charge in [0.25, 0.3) is 0 Å². The molecule has 1 aliphatic carbocycles. The first-order valence-corrected chi connectivity index (χ1v) is 15.7. The Morgan fingerprint density at radius 3 is 2.19 bits per heavy atom. The molecule has 2 heterocycles. The Kier molecular flexibility index (Phi) is 9.94. The van der Waals surface area contributed by atoms with Gasteiger partial charge >= 0.3 is 12.1 Å². The minimum Gasteiger partial charge on any atom is -0.490 e. The van der Waals surface area contributed by atoms with Crippen LogP contribution in [0.3, 0.4) is 0 Å². The minimum atomic E-state index is -0.460. The molecule has 10 heteroatoms. The normalized spacial score (nSPS) is 20.4. The summed E-state index contributed by atoms with van der Waals surface area (Å²) in [4.78, 5) is 44.2. The second kappa shape index (κ2) is 14.0. The van der Waals surface area contributed by atoms with Crippen LogP contribution in [0, 0.1) is 5.92 Å². The number of carbonyl (C=O) groups is 3. The molecule has 10 nitrogen and oxygen atoms in total. The van der Waals surface area contributed by atoms with E-state index in [1.165, 1.54) is 12.8 Å². The van der Waals surface area contributed by atoms with E-state index >= 15 is 0 Å². The fourth-order valence-electron chi connectivity index (χ4n) is 6.13. The van der Waals surface area contributed by atoms with Gasteiger partial charge in [0.1, 0.15) is 11.8 Å². The van der Waals surface area contributed by atoms with Gasteiger partial charge in [0.2, 0.25) is 5.91 Å². The van der Waals surface area contributed by atoms with Crippen LogP contribution in [0.1, 0.15) is 58.8 Å². The summed E-state index contributed by atoms with van der Waals surface area (Å²) in [5, 5.41) is 5.76. The zero-order valence-electron chi connectivity index (χ0n) is 25.6. The first kappa shape index (κ1) is 30.5. The number of likely N-dealkylation sites (N-methyl/N-ethyl adjacent to an activating group) is 1. The number of amides is 4. The molecule has 232 valence electrons. The van der Waals surface area contributed by atoms with E-state index in [0.29, 0.717) is 43.6 Å². The van der Waals surface area contributed by atoms with Crippen molar-refractivity contribution < 1.29 is 23.9 Å². The summed E-state index contributed by atoms with van der Waals surface area (Å²) in [6, 6.07) is 14.5. The van der Waals surface area contributed by atoms with Crippen molar-refractivity contribution in [3.05, 3.63) is 48.5 Å². The molecule has 4 amide bonds. The van der Waals surface area contributed by atoms with Crippen LogP contribution in [0.4, 0.5) is 26.7 Å². The predicted octanol–water partition coefficient (Wildman–Crippen LogP) is 5.95. The lowest BCUT2D eigenvalue weighted by molar-refractivity contribution is -0.136. The lowest BCUT2D eigenvalue weighted by Gasteiger charge is -2.31. The fourth-order valence-corrected chi connectivity index (χ4v) is 6.13. The number of carbonyl (C=O) groups excluding carboxylic acids is 3. The highest BCUT2D eigenvalue weighted by Gasteiger charge is 2.39. The van der Waals surface area contributed by atoms with E-state index < -0.39 is 12.1 Å². The maximum absolute atomic E-state index is 13.4. The smallest absolute Gasteiger partial charge is 0.410 e. The number of nitrogens with zero attached hydrogens (tertiary/aromatic N) is 3. The van der Waals surface area contributed by atoms with Crippen LogP contribution in [-0.4, -0.2) is 79.3 Å². The van der Waals surface area contributed by atoms with Crippen LogP contribution in [0.2, 0.25) is 0 Å². The van der Waals surface area contributed by atoms with E-state index in [9.17, 15) is 14.4 Å². The van der Waals surface area contributed by atoms with Gasteiger partial charge < -0.3 is 29.9 Å². The lowest BCUT2D eigenvalue weighted by atomic mass is 10.1. The molecule has 2 aromatic rings. The number of rotatable bonds is 9. The van der Waals surface area contributed by atoms with Gasteiger partial charge in [-0.25, -0.2) is 9.59 Å². The van der Waals surface area contributed by atoms with E-state index in [0.717, 1.165) is 43.7 Å². The van der Waals surface area contributed by atoms with Crippen LogP contribution < -0.4 is 20.3 Å². The molecule has 5 rings (SSSR count). The minimum absolute atomic E-state index is 0.0209. The van der Waals surface area contributed by atoms with E-state index in [-0.39, 0.29) is 23.9 Å². The number of benzene rings is 2. The Balaban J connectivity index is 1.08. The molecular formula is C33H45N5O5. The molecule has 2 unspecified atom stereocenters. The van der Waals surface area contributed by atoms with E-state index in [1.807, 2.05) is 74.3 Å². The van der Waals surface area contributed by atoms with Gasteiger partial charge in [-0.2, -0.15) is 0 Å². The van der Waals surface area contributed by atoms with Gasteiger partial charge in [-0.15, -0.1) is 0 Å². The molecule has 2 saturated heterocycles. The van der Waals surface area contributed by atoms with Crippen molar-refractivity contribution in [2.75, 3.05) is 48.8 Å². The number of nitrogens with one attached hydrogen (secondary N) is 2. The summed E-state index contributed by atoms with van der Waals surface area (Å²) >= 11 is 0. The van der Waals surface area contributed by atoms with Crippen molar-refractivity contribution in [2.24, 2.45) is 5.92 Å². The van der Waals surface area contributed by atoms with Crippen LogP contribution in [0.25, 0.3) is 0 Å². The van der Waals surface area contributed by atoms with Gasteiger partial charge in [-0.1, -0.05) is 13.8 Å². The van der Waals surface area contributed by atoms with Gasteiger partial charge in [0.05, 0.1) is 18.8 Å². The SMILES string of the molecule is CC(C)COC(=O)N1CCCC1C(=O)N(C)C1CCN(c2ccc(NC(=O)Nc3ccc(OC4CCCC4)cc3)cc2)C1.